The van der Waals surface area contributed by atoms with Crippen molar-refractivity contribution in [3.05, 3.63) is 0 Å². The standard InChI is InChI=1S/C10H23NS/c1-3-7-10(11)8-5-4-6-9-12-2/h10H,3-9,11H2,1-2H3. The molecule has 1 atom stereocenters. The van der Waals surface area contributed by atoms with Crippen molar-refractivity contribution in [1.29, 1.82) is 0 Å². The Hall–Kier alpha value is 0.310. The average molecular weight is 189 g/mol. The molecule has 0 heterocycles. The molecule has 0 saturated heterocycles. The molecule has 0 aromatic heterocycles. The van der Waals surface area contributed by atoms with Crippen LogP contribution in [0.1, 0.15) is 45.4 Å². The lowest BCUT2D eigenvalue weighted by atomic mass is 10.1. The van der Waals surface area contributed by atoms with Crippen molar-refractivity contribution in [2.75, 3.05) is 12.0 Å². The van der Waals surface area contributed by atoms with E-state index in [9.17, 15) is 0 Å². The van der Waals surface area contributed by atoms with Crippen molar-refractivity contribution in [2.24, 2.45) is 5.73 Å². The van der Waals surface area contributed by atoms with Gasteiger partial charge in [-0.2, -0.15) is 11.8 Å². The minimum atomic E-state index is 0.462. The Morgan fingerprint density at radius 1 is 1.17 bits per heavy atom. The van der Waals surface area contributed by atoms with Crippen molar-refractivity contribution in [3.8, 4) is 0 Å². The molecule has 0 saturated carbocycles. The zero-order chi connectivity index (χ0) is 9.23. The third kappa shape index (κ3) is 8.41. The van der Waals surface area contributed by atoms with Gasteiger partial charge in [-0.3, -0.25) is 0 Å². The summed E-state index contributed by atoms with van der Waals surface area (Å²) in [5.74, 6) is 1.31. The fourth-order valence-corrected chi connectivity index (χ4v) is 1.84. The van der Waals surface area contributed by atoms with Crippen LogP contribution in [0.2, 0.25) is 0 Å². The van der Waals surface area contributed by atoms with E-state index in [1.807, 2.05) is 11.8 Å². The summed E-state index contributed by atoms with van der Waals surface area (Å²) in [6.07, 6.45) is 9.86. The van der Waals surface area contributed by atoms with Gasteiger partial charge in [0.05, 0.1) is 0 Å². The van der Waals surface area contributed by atoms with Gasteiger partial charge in [-0.05, 0) is 31.3 Å². The highest BCUT2D eigenvalue weighted by molar-refractivity contribution is 7.98. The summed E-state index contributed by atoms with van der Waals surface area (Å²) >= 11 is 1.94. The first-order valence-electron chi connectivity index (χ1n) is 5.05. The smallest absolute Gasteiger partial charge is 0.00387 e. The largest absolute Gasteiger partial charge is 0.328 e. The molecule has 0 amide bonds. The molecule has 2 heteroatoms. The summed E-state index contributed by atoms with van der Waals surface area (Å²) in [6.45, 7) is 2.20. The third-order valence-electron chi connectivity index (χ3n) is 2.08. The van der Waals surface area contributed by atoms with E-state index < -0.39 is 0 Å². The van der Waals surface area contributed by atoms with Gasteiger partial charge in [-0.25, -0.2) is 0 Å². The van der Waals surface area contributed by atoms with Crippen molar-refractivity contribution >= 4 is 11.8 Å². The molecular weight excluding hydrogens is 166 g/mol. The molecule has 74 valence electrons. The molecule has 0 aromatic rings. The van der Waals surface area contributed by atoms with Crippen LogP contribution < -0.4 is 5.73 Å². The minimum Gasteiger partial charge on any atom is -0.328 e. The van der Waals surface area contributed by atoms with Crippen LogP contribution in [0.15, 0.2) is 0 Å². The molecule has 0 fully saturated rings. The maximum atomic E-state index is 5.89. The summed E-state index contributed by atoms with van der Waals surface area (Å²) in [7, 11) is 0. The number of hydrogen-bond acceptors (Lipinski definition) is 2. The van der Waals surface area contributed by atoms with Gasteiger partial charge in [-0.1, -0.05) is 26.2 Å². The fraction of sp³-hybridized carbons (Fsp3) is 1.00. The zero-order valence-corrected chi connectivity index (χ0v) is 9.33. The Morgan fingerprint density at radius 2 is 1.92 bits per heavy atom. The van der Waals surface area contributed by atoms with Crippen LogP contribution in [-0.4, -0.2) is 18.1 Å². The Bertz CT molecular complexity index is 85.9. The summed E-state index contributed by atoms with van der Waals surface area (Å²) in [5, 5.41) is 0. The molecule has 0 radical (unpaired) electrons. The van der Waals surface area contributed by atoms with Gasteiger partial charge in [0.2, 0.25) is 0 Å². The van der Waals surface area contributed by atoms with Crippen LogP contribution in [0.4, 0.5) is 0 Å². The van der Waals surface area contributed by atoms with Gasteiger partial charge in [0.15, 0.2) is 0 Å². The Kier molecular flexibility index (Phi) is 9.64. The normalized spacial score (nSPS) is 13.2. The lowest BCUT2D eigenvalue weighted by Crippen LogP contribution is -2.18. The van der Waals surface area contributed by atoms with Crippen LogP contribution in [0, 0.1) is 0 Å². The van der Waals surface area contributed by atoms with Gasteiger partial charge in [0, 0.05) is 6.04 Å². The van der Waals surface area contributed by atoms with Crippen molar-refractivity contribution in [2.45, 2.75) is 51.5 Å². The van der Waals surface area contributed by atoms with E-state index in [2.05, 4.69) is 13.2 Å². The van der Waals surface area contributed by atoms with Crippen molar-refractivity contribution < 1.29 is 0 Å². The summed E-state index contributed by atoms with van der Waals surface area (Å²) in [6, 6.07) is 0.462. The van der Waals surface area contributed by atoms with E-state index in [4.69, 9.17) is 5.73 Å². The second-order valence-corrected chi connectivity index (χ2v) is 4.38. The lowest BCUT2D eigenvalue weighted by molar-refractivity contribution is 0.525. The van der Waals surface area contributed by atoms with Crippen molar-refractivity contribution in [1.82, 2.24) is 0 Å². The van der Waals surface area contributed by atoms with E-state index in [1.54, 1.807) is 0 Å². The molecule has 1 nitrogen and oxygen atoms in total. The summed E-state index contributed by atoms with van der Waals surface area (Å²) in [5.41, 5.74) is 5.89. The number of nitrogens with two attached hydrogens (primary N) is 1. The second kappa shape index (κ2) is 9.40. The van der Waals surface area contributed by atoms with E-state index in [0.717, 1.165) is 0 Å². The van der Waals surface area contributed by atoms with Crippen LogP contribution in [0.25, 0.3) is 0 Å². The molecule has 0 aromatic carbocycles. The van der Waals surface area contributed by atoms with E-state index in [0.29, 0.717) is 6.04 Å². The van der Waals surface area contributed by atoms with Crippen LogP contribution >= 0.6 is 11.8 Å². The second-order valence-electron chi connectivity index (χ2n) is 3.39. The Morgan fingerprint density at radius 3 is 2.50 bits per heavy atom. The fourth-order valence-electron chi connectivity index (χ4n) is 1.34. The van der Waals surface area contributed by atoms with Crippen LogP contribution in [0.3, 0.4) is 0 Å². The maximum absolute atomic E-state index is 5.89. The molecule has 0 aliphatic carbocycles. The van der Waals surface area contributed by atoms with Gasteiger partial charge < -0.3 is 5.73 Å². The zero-order valence-electron chi connectivity index (χ0n) is 8.51. The number of hydrogen-bond donors (Lipinski definition) is 1. The molecule has 0 bridgehead atoms. The van der Waals surface area contributed by atoms with E-state index >= 15 is 0 Å². The molecule has 0 rings (SSSR count). The predicted molar refractivity (Wildman–Crippen MR) is 59.7 cm³/mol. The van der Waals surface area contributed by atoms with Gasteiger partial charge in [0.1, 0.15) is 0 Å². The molecular formula is C10H23NS. The highest BCUT2D eigenvalue weighted by Crippen LogP contribution is 2.08. The highest BCUT2D eigenvalue weighted by atomic mass is 32.2. The SMILES string of the molecule is CCCC(N)CCCCCSC. The lowest BCUT2D eigenvalue weighted by Gasteiger charge is -2.08. The summed E-state index contributed by atoms with van der Waals surface area (Å²) < 4.78 is 0. The Labute approximate surface area is 81.5 Å². The monoisotopic (exact) mass is 189 g/mol. The molecule has 0 spiro atoms. The third-order valence-corrected chi connectivity index (χ3v) is 2.78. The molecule has 12 heavy (non-hydrogen) atoms. The average Bonchev–Trinajstić information content (AvgIpc) is 2.05. The summed E-state index contributed by atoms with van der Waals surface area (Å²) in [4.78, 5) is 0. The van der Waals surface area contributed by atoms with Gasteiger partial charge in [-0.15, -0.1) is 0 Å². The van der Waals surface area contributed by atoms with Crippen molar-refractivity contribution in [3.63, 3.8) is 0 Å². The van der Waals surface area contributed by atoms with E-state index in [1.165, 1.54) is 44.3 Å². The first-order chi connectivity index (χ1) is 5.81. The number of thioether (sulfide) groups is 1. The topological polar surface area (TPSA) is 26.0 Å². The van der Waals surface area contributed by atoms with Gasteiger partial charge in [0.25, 0.3) is 0 Å². The Balaban J connectivity index is 2.97. The number of unbranched alkanes of at least 4 members (excludes halogenated alkanes) is 2. The first kappa shape index (κ1) is 12.3. The number of rotatable bonds is 8. The van der Waals surface area contributed by atoms with E-state index in [-0.39, 0.29) is 0 Å². The predicted octanol–water partition coefficient (Wildman–Crippen LogP) is 3.04. The van der Waals surface area contributed by atoms with Crippen LogP contribution in [-0.2, 0) is 0 Å². The molecule has 0 aliphatic heterocycles. The molecule has 1 unspecified atom stereocenters. The first-order valence-corrected chi connectivity index (χ1v) is 6.45. The van der Waals surface area contributed by atoms with Crippen LogP contribution in [0.5, 0.6) is 0 Å². The quantitative estimate of drug-likeness (QED) is 0.594. The van der Waals surface area contributed by atoms with Gasteiger partial charge >= 0.3 is 0 Å². The maximum Gasteiger partial charge on any atom is 0.00387 e. The molecule has 0 aliphatic rings. The minimum absolute atomic E-state index is 0.462. The highest BCUT2D eigenvalue weighted by Gasteiger charge is 1.99. The molecule has 2 N–H and O–H groups in total.